The van der Waals surface area contributed by atoms with Crippen molar-refractivity contribution in [1.29, 1.82) is 0 Å². The van der Waals surface area contributed by atoms with Crippen LogP contribution in [0.1, 0.15) is 59.3 Å². The molecule has 0 saturated carbocycles. The Hall–Kier alpha value is -0.210. The highest BCUT2D eigenvalue weighted by atomic mass is 35.5. The van der Waals surface area contributed by atoms with Crippen molar-refractivity contribution >= 4 is 0 Å². The Bertz CT molecular complexity index is 243. The quantitative estimate of drug-likeness (QED) is 0.471. The first-order valence-corrected chi connectivity index (χ1v) is 7.44. The molecule has 18 heavy (non-hydrogen) atoms. The largest absolute Gasteiger partial charge is 1.00 e. The second kappa shape index (κ2) is 8.82. The minimum Gasteiger partial charge on any atom is -1.00 e. The number of halogens is 1. The van der Waals surface area contributed by atoms with Crippen molar-refractivity contribution in [1.82, 2.24) is 4.90 Å². The molecule has 2 nitrogen and oxygen atoms in total. The monoisotopic (exact) mass is 274 g/mol. The molecule has 0 aliphatic carbocycles. The number of rotatable bonds is 8. The zero-order chi connectivity index (χ0) is 12.7. The van der Waals surface area contributed by atoms with E-state index >= 15 is 0 Å². The summed E-state index contributed by atoms with van der Waals surface area (Å²) in [5.41, 5.74) is 0. The average molecular weight is 275 g/mol. The summed E-state index contributed by atoms with van der Waals surface area (Å²) >= 11 is 0. The zero-order valence-electron chi connectivity index (χ0n) is 12.7. The summed E-state index contributed by atoms with van der Waals surface area (Å²) < 4.78 is 1.19. The van der Waals surface area contributed by atoms with E-state index in [1.807, 2.05) is 0 Å². The van der Waals surface area contributed by atoms with Gasteiger partial charge < -0.3 is 17.3 Å². The lowest BCUT2D eigenvalue weighted by molar-refractivity contribution is -0.905. The SMILES string of the molecule is CCCCCC[N+]1(CCCC)C=CN(C)C1C.[Cl-]. The second-order valence-electron chi connectivity index (χ2n) is 5.56. The van der Waals surface area contributed by atoms with Gasteiger partial charge in [-0.05, 0) is 19.3 Å². The van der Waals surface area contributed by atoms with Crippen LogP contribution in [0, 0.1) is 0 Å². The zero-order valence-corrected chi connectivity index (χ0v) is 13.4. The van der Waals surface area contributed by atoms with Gasteiger partial charge in [-0.25, -0.2) is 0 Å². The lowest BCUT2D eigenvalue weighted by atomic mass is 10.1. The van der Waals surface area contributed by atoms with Crippen molar-refractivity contribution < 1.29 is 16.9 Å². The van der Waals surface area contributed by atoms with Crippen LogP contribution in [0.15, 0.2) is 12.4 Å². The van der Waals surface area contributed by atoms with E-state index < -0.39 is 0 Å². The molecule has 1 heterocycles. The molecule has 2 atom stereocenters. The van der Waals surface area contributed by atoms with Crippen LogP contribution in [-0.4, -0.2) is 35.7 Å². The van der Waals surface area contributed by atoms with Crippen LogP contribution in [0.2, 0.25) is 0 Å². The summed E-state index contributed by atoms with van der Waals surface area (Å²) in [7, 11) is 2.21. The Kier molecular flexibility index (Phi) is 8.71. The highest BCUT2D eigenvalue weighted by Crippen LogP contribution is 2.26. The first-order chi connectivity index (χ1) is 8.16. The van der Waals surface area contributed by atoms with Crippen LogP contribution in [0.4, 0.5) is 0 Å². The standard InChI is InChI=1S/C15H31N2.ClH/c1-5-7-9-10-13-17(12-8-6-2)14-11-16(4)15(17)3;/h11,14-15H,5-10,12-13H2,1-4H3;1H/q+1;/p-1. The Balaban J connectivity index is 0.00000289. The molecular formula is C15H31ClN2. The van der Waals surface area contributed by atoms with Crippen LogP contribution in [-0.2, 0) is 0 Å². The van der Waals surface area contributed by atoms with Crippen molar-refractivity contribution in [3.63, 3.8) is 0 Å². The Labute approximate surface area is 120 Å². The van der Waals surface area contributed by atoms with Gasteiger partial charge in [0.15, 0.2) is 6.17 Å². The van der Waals surface area contributed by atoms with Crippen molar-refractivity contribution in [2.75, 3.05) is 20.1 Å². The Morgan fingerprint density at radius 1 is 1.00 bits per heavy atom. The number of hydrogen-bond donors (Lipinski definition) is 0. The summed E-state index contributed by atoms with van der Waals surface area (Å²) in [5.74, 6) is 0. The lowest BCUT2D eigenvalue weighted by Crippen LogP contribution is -3.00. The molecule has 0 saturated heterocycles. The fourth-order valence-corrected chi connectivity index (χ4v) is 2.77. The van der Waals surface area contributed by atoms with Crippen LogP contribution in [0.5, 0.6) is 0 Å². The molecule has 2 unspecified atom stereocenters. The van der Waals surface area contributed by atoms with Gasteiger partial charge in [0.2, 0.25) is 0 Å². The predicted octanol–water partition coefficient (Wildman–Crippen LogP) is 0.950. The first kappa shape index (κ1) is 17.8. The van der Waals surface area contributed by atoms with Gasteiger partial charge in [0, 0.05) is 14.0 Å². The van der Waals surface area contributed by atoms with Crippen molar-refractivity contribution in [3.05, 3.63) is 12.4 Å². The molecule has 1 rings (SSSR count). The molecule has 1 aliphatic heterocycles. The highest BCUT2D eigenvalue weighted by molar-refractivity contribution is 4.84. The van der Waals surface area contributed by atoms with Crippen LogP contribution in [0.25, 0.3) is 0 Å². The molecule has 0 N–H and O–H groups in total. The molecule has 0 spiro atoms. The van der Waals surface area contributed by atoms with Gasteiger partial charge in [0.05, 0.1) is 19.3 Å². The molecule has 3 heteroatoms. The highest BCUT2D eigenvalue weighted by Gasteiger charge is 2.37. The van der Waals surface area contributed by atoms with Gasteiger partial charge in [0.1, 0.15) is 6.20 Å². The fourth-order valence-electron chi connectivity index (χ4n) is 2.77. The molecule has 0 amide bonds. The van der Waals surface area contributed by atoms with Gasteiger partial charge in [-0.15, -0.1) is 0 Å². The van der Waals surface area contributed by atoms with Crippen LogP contribution < -0.4 is 12.4 Å². The number of unbranched alkanes of at least 4 members (excludes halogenated alkanes) is 4. The summed E-state index contributed by atoms with van der Waals surface area (Å²) in [4.78, 5) is 2.37. The van der Waals surface area contributed by atoms with Crippen molar-refractivity contribution in [3.8, 4) is 0 Å². The Morgan fingerprint density at radius 3 is 2.11 bits per heavy atom. The van der Waals surface area contributed by atoms with Gasteiger partial charge in [-0.2, -0.15) is 0 Å². The third-order valence-corrected chi connectivity index (χ3v) is 4.29. The van der Waals surface area contributed by atoms with Gasteiger partial charge >= 0.3 is 0 Å². The lowest BCUT2D eigenvalue weighted by Gasteiger charge is -2.38. The molecule has 0 fully saturated rings. The molecule has 0 bridgehead atoms. The summed E-state index contributed by atoms with van der Waals surface area (Å²) in [6, 6.07) is 0. The average Bonchev–Trinajstić information content (AvgIpc) is 2.61. The minimum absolute atomic E-state index is 0. The van der Waals surface area contributed by atoms with E-state index in [0.717, 1.165) is 0 Å². The smallest absolute Gasteiger partial charge is 0.165 e. The third-order valence-electron chi connectivity index (χ3n) is 4.29. The minimum atomic E-state index is 0. The van der Waals surface area contributed by atoms with Gasteiger partial charge in [-0.1, -0.05) is 33.1 Å². The predicted molar refractivity (Wildman–Crippen MR) is 75.4 cm³/mol. The van der Waals surface area contributed by atoms with E-state index in [2.05, 4.69) is 45.1 Å². The number of hydrogen-bond acceptors (Lipinski definition) is 1. The normalized spacial score (nSPS) is 26.4. The Morgan fingerprint density at radius 2 is 1.61 bits per heavy atom. The molecule has 1 aliphatic rings. The van der Waals surface area contributed by atoms with Gasteiger partial charge in [0.25, 0.3) is 0 Å². The molecule has 0 aromatic carbocycles. The van der Waals surface area contributed by atoms with Crippen LogP contribution >= 0.6 is 0 Å². The molecule has 0 aromatic heterocycles. The van der Waals surface area contributed by atoms with Crippen molar-refractivity contribution in [2.24, 2.45) is 0 Å². The topological polar surface area (TPSA) is 3.24 Å². The molecule has 0 aromatic rings. The fraction of sp³-hybridized carbons (Fsp3) is 0.867. The molecular weight excluding hydrogens is 244 g/mol. The third kappa shape index (κ3) is 4.47. The second-order valence-corrected chi connectivity index (χ2v) is 5.56. The van der Waals surface area contributed by atoms with Crippen LogP contribution in [0.3, 0.4) is 0 Å². The molecule has 108 valence electrons. The van der Waals surface area contributed by atoms with E-state index in [9.17, 15) is 0 Å². The summed E-state index contributed by atoms with van der Waals surface area (Å²) in [6.45, 7) is 9.58. The van der Waals surface area contributed by atoms with E-state index in [-0.39, 0.29) is 12.4 Å². The summed E-state index contributed by atoms with van der Waals surface area (Å²) in [6.07, 6.45) is 13.5. The van der Waals surface area contributed by atoms with E-state index in [1.54, 1.807) is 0 Å². The van der Waals surface area contributed by atoms with E-state index in [4.69, 9.17) is 0 Å². The maximum atomic E-state index is 2.44. The van der Waals surface area contributed by atoms with E-state index in [1.165, 1.54) is 56.1 Å². The molecule has 0 radical (unpaired) electrons. The van der Waals surface area contributed by atoms with E-state index in [0.29, 0.717) is 6.17 Å². The van der Waals surface area contributed by atoms with Gasteiger partial charge in [-0.3, -0.25) is 4.48 Å². The number of quaternary nitrogens is 1. The van der Waals surface area contributed by atoms with Crippen molar-refractivity contribution in [2.45, 2.75) is 65.5 Å². The maximum absolute atomic E-state index is 2.44. The summed E-state index contributed by atoms with van der Waals surface area (Å²) in [5, 5.41) is 0. The maximum Gasteiger partial charge on any atom is 0.165 e. The first-order valence-electron chi connectivity index (χ1n) is 7.44. The number of nitrogens with zero attached hydrogens (tertiary/aromatic N) is 2.